The topological polar surface area (TPSA) is 78.9 Å². The molecule has 0 aliphatic heterocycles. The fourth-order valence-electron chi connectivity index (χ4n) is 8.60. The molecule has 6 heteroatoms. The van der Waals surface area contributed by atoms with Crippen molar-refractivity contribution in [3.63, 3.8) is 0 Å². The molecule has 0 spiro atoms. The second-order valence-electron chi connectivity index (χ2n) is 20.5. The van der Waals surface area contributed by atoms with E-state index in [1.165, 1.54) is 109 Å². The molecule has 0 bridgehead atoms. The molecule has 428 valence electrons. The molecular formula is C69H116O6. The van der Waals surface area contributed by atoms with Gasteiger partial charge < -0.3 is 14.2 Å². The lowest BCUT2D eigenvalue weighted by Crippen LogP contribution is -2.30. The SMILES string of the molecule is CC/C=C\C/C=C\C/C=C\C/C=C\CCCCCCCCCCCCCCCCCCCCC(=O)OCC(COC(=O)CCCCCCC/C=C\C/C=C\CCC)OC(=O)CCCCC/C=C\C/C=C\C/C=C\CC. The van der Waals surface area contributed by atoms with E-state index in [0.29, 0.717) is 12.8 Å². The molecule has 0 heterocycles. The molecule has 0 radical (unpaired) electrons. The molecule has 6 nitrogen and oxygen atoms in total. The Morgan fingerprint density at radius 1 is 0.280 bits per heavy atom. The number of allylic oxidation sites excluding steroid dienone is 18. The molecule has 0 N–H and O–H groups in total. The third-order valence-corrected chi connectivity index (χ3v) is 13.2. The van der Waals surface area contributed by atoms with E-state index < -0.39 is 6.10 Å². The molecule has 75 heavy (non-hydrogen) atoms. The van der Waals surface area contributed by atoms with Crippen molar-refractivity contribution < 1.29 is 28.6 Å². The predicted molar refractivity (Wildman–Crippen MR) is 325 cm³/mol. The van der Waals surface area contributed by atoms with Gasteiger partial charge in [0.2, 0.25) is 0 Å². The quantitative estimate of drug-likeness (QED) is 0.0261. The van der Waals surface area contributed by atoms with Gasteiger partial charge in [-0.05, 0) is 116 Å². The second-order valence-corrected chi connectivity index (χ2v) is 20.5. The van der Waals surface area contributed by atoms with E-state index in [1.54, 1.807) is 0 Å². The van der Waals surface area contributed by atoms with Gasteiger partial charge in [-0.25, -0.2) is 0 Å². The van der Waals surface area contributed by atoms with Gasteiger partial charge >= 0.3 is 17.9 Å². The molecular weight excluding hydrogens is 925 g/mol. The molecule has 0 rings (SSSR count). The van der Waals surface area contributed by atoms with E-state index in [4.69, 9.17) is 14.2 Å². The van der Waals surface area contributed by atoms with Crippen LogP contribution in [0.15, 0.2) is 109 Å². The van der Waals surface area contributed by atoms with E-state index in [0.717, 1.165) is 141 Å². The average Bonchev–Trinajstić information content (AvgIpc) is 3.41. The first-order valence-corrected chi connectivity index (χ1v) is 31.4. The van der Waals surface area contributed by atoms with Crippen molar-refractivity contribution in [1.29, 1.82) is 0 Å². The van der Waals surface area contributed by atoms with Crippen molar-refractivity contribution in [2.24, 2.45) is 0 Å². The van der Waals surface area contributed by atoms with Gasteiger partial charge in [-0.3, -0.25) is 14.4 Å². The van der Waals surface area contributed by atoms with Crippen LogP contribution in [-0.2, 0) is 28.6 Å². The monoisotopic (exact) mass is 1040 g/mol. The molecule has 0 aliphatic rings. The van der Waals surface area contributed by atoms with Gasteiger partial charge in [0, 0.05) is 19.3 Å². The van der Waals surface area contributed by atoms with Gasteiger partial charge in [0.1, 0.15) is 13.2 Å². The number of carbonyl (C=O) groups excluding carboxylic acids is 3. The molecule has 0 saturated heterocycles. The van der Waals surface area contributed by atoms with Crippen LogP contribution in [-0.4, -0.2) is 37.2 Å². The number of rotatable bonds is 56. The minimum absolute atomic E-state index is 0.0932. The molecule has 0 aliphatic carbocycles. The molecule has 0 aromatic heterocycles. The zero-order valence-corrected chi connectivity index (χ0v) is 49.0. The van der Waals surface area contributed by atoms with Crippen LogP contribution in [0.2, 0.25) is 0 Å². The molecule has 1 unspecified atom stereocenters. The van der Waals surface area contributed by atoms with E-state index in [9.17, 15) is 14.4 Å². The summed E-state index contributed by atoms with van der Waals surface area (Å²) >= 11 is 0. The normalized spacial score (nSPS) is 12.8. The average molecular weight is 1040 g/mol. The second kappa shape index (κ2) is 62.6. The number of unbranched alkanes of at least 4 members (excludes halogenated alkanes) is 27. The fraction of sp³-hybridized carbons (Fsp3) is 0.696. The Hall–Kier alpha value is -3.93. The summed E-state index contributed by atoms with van der Waals surface area (Å²) in [5.41, 5.74) is 0. The predicted octanol–water partition coefficient (Wildman–Crippen LogP) is 21.4. The first kappa shape index (κ1) is 71.1. The van der Waals surface area contributed by atoms with Crippen molar-refractivity contribution in [3.8, 4) is 0 Å². The van der Waals surface area contributed by atoms with Crippen molar-refractivity contribution in [3.05, 3.63) is 109 Å². The standard InChI is InChI=1S/C69H116O6/c1-4-7-10-13-16-19-22-25-26-27-28-29-30-31-32-33-34-35-36-37-38-39-40-41-42-45-47-50-53-56-59-62-68(71)74-65-66(75-69(72)63-60-57-54-51-48-44-24-21-18-15-12-9-6-3)64-73-67(70)61-58-55-52-49-46-43-23-20-17-14-11-8-5-2/h7,9-12,14,16,18-21,23,25-26,28-29,44,48,66H,4-6,8,13,15,17,22,24,27,30-43,45-47,49-65H2,1-3H3/b10-7-,12-9-,14-11-,19-16-,21-18-,23-20-,26-25-,29-28-,48-44-. The van der Waals surface area contributed by atoms with Crippen LogP contribution in [0.4, 0.5) is 0 Å². The zero-order valence-electron chi connectivity index (χ0n) is 49.0. The number of carbonyl (C=O) groups is 3. The van der Waals surface area contributed by atoms with Crippen LogP contribution in [0, 0.1) is 0 Å². The summed E-state index contributed by atoms with van der Waals surface area (Å²) in [6, 6.07) is 0. The van der Waals surface area contributed by atoms with Crippen LogP contribution in [0.1, 0.15) is 290 Å². The minimum atomic E-state index is -0.799. The highest BCUT2D eigenvalue weighted by atomic mass is 16.6. The fourth-order valence-corrected chi connectivity index (χ4v) is 8.60. The lowest BCUT2D eigenvalue weighted by molar-refractivity contribution is -0.167. The van der Waals surface area contributed by atoms with Crippen LogP contribution in [0.3, 0.4) is 0 Å². The summed E-state index contributed by atoms with van der Waals surface area (Å²) in [5, 5.41) is 0. The van der Waals surface area contributed by atoms with Crippen molar-refractivity contribution in [1.82, 2.24) is 0 Å². The number of ether oxygens (including phenoxy) is 3. The highest BCUT2D eigenvalue weighted by Crippen LogP contribution is 2.16. The van der Waals surface area contributed by atoms with E-state index in [-0.39, 0.29) is 37.5 Å². The molecule has 1 atom stereocenters. The summed E-state index contributed by atoms with van der Waals surface area (Å²) < 4.78 is 16.8. The maximum atomic E-state index is 12.8. The third-order valence-electron chi connectivity index (χ3n) is 13.2. The van der Waals surface area contributed by atoms with Crippen molar-refractivity contribution in [2.45, 2.75) is 297 Å². The van der Waals surface area contributed by atoms with Crippen LogP contribution >= 0.6 is 0 Å². The zero-order chi connectivity index (χ0) is 54.3. The maximum absolute atomic E-state index is 12.8. The van der Waals surface area contributed by atoms with Crippen molar-refractivity contribution >= 4 is 17.9 Å². The van der Waals surface area contributed by atoms with E-state index in [2.05, 4.69) is 130 Å². The third kappa shape index (κ3) is 60.8. The highest BCUT2D eigenvalue weighted by Gasteiger charge is 2.19. The Balaban J connectivity index is 4.17. The van der Waals surface area contributed by atoms with Gasteiger partial charge in [-0.15, -0.1) is 0 Å². The number of esters is 3. The van der Waals surface area contributed by atoms with Crippen LogP contribution in [0.25, 0.3) is 0 Å². The van der Waals surface area contributed by atoms with Gasteiger partial charge in [0.05, 0.1) is 0 Å². The first-order chi connectivity index (χ1) is 37.0. The van der Waals surface area contributed by atoms with Gasteiger partial charge in [-0.2, -0.15) is 0 Å². The first-order valence-electron chi connectivity index (χ1n) is 31.4. The largest absolute Gasteiger partial charge is 0.462 e. The lowest BCUT2D eigenvalue weighted by atomic mass is 10.0. The minimum Gasteiger partial charge on any atom is -0.462 e. The molecule has 0 aromatic carbocycles. The Bertz CT molecular complexity index is 1520. The molecule has 0 amide bonds. The number of hydrogen-bond donors (Lipinski definition) is 0. The summed E-state index contributed by atoms with van der Waals surface area (Å²) in [4.78, 5) is 38.2. The highest BCUT2D eigenvalue weighted by molar-refractivity contribution is 5.71. The Kier molecular flexibility index (Phi) is 59.3. The summed E-state index contributed by atoms with van der Waals surface area (Å²) in [5.74, 6) is -0.933. The Labute approximate surface area is 463 Å². The number of hydrogen-bond acceptors (Lipinski definition) is 6. The maximum Gasteiger partial charge on any atom is 0.306 e. The lowest BCUT2D eigenvalue weighted by Gasteiger charge is -2.18. The van der Waals surface area contributed by atoms with Gasteiger partial charge in [-0.1, -0.05) is 265 Å². The van der Waals surface area contributed by atoms with E-state index in [1.807, 2.05) is 0 Å². The summed E-state index contributed by atoms with van der Waals surface area (Å²) in [7, 11) is 0. The van der Waals surface area contributed by atoms with Crippen LogP contribution in [0.5, 0.6) is 0 Å². The summed E-state index contributed by atoms with van der Waals surface area (Å²) in [6.07, 6.45) is 85.4. The molecule has 0 fully saturated rings. The van der Waals surface area contributed by atoms with E-state index >= 15 is 0 Å². The summed E-state index contributed by atoms with van der Waals surface area (Å²) in [6.45, 7) is 6.32. The van der Waals surface area contributed by atoms with Crippen molar-refractivity contribution in [2.75, 3.05) is 13.2 Å². The molecule has 0 aromatic rings. The molecule has 0 saturated carbocycles. The Morgan fingerprint density at radius 2 is 0.520 bits per heavy atom. The van der Waals surface area contributed by atoms with Crippen LogP contribution < -0.4 is 0 Å². The van der Waals surface area contributed by atoms with Gasteiger partial charge in [0.15, 0.2) is 6.10 Å². The Morgan fingerprint density at radius 3 is 0.827 bits per heavy atom. The smallest absolute Gasteiger partial charge is 0.306 e. The van der Waals surface area contributed by atoms with Gasteiger partial charge in [0.25, 0.3) is 0 Å².